The molecule has 0 aliphatic carbocycles. The second-order valence-corrected chi connectivity index (χ2v) is 8.64. The number of aromatic nitrogens is 3. The summed E-state index contributed by atoms with van der Waals surface area (Å²) >= 11 is 6.18. The largest absolute Gasteiger partial charge is 0.497 e. The van der Waals surface area contributed by atoms with E-state index in [0.29, 0.717) is 41.2 Å². The third-order valence-corrected chi connectivity index (χ3v) is 6.32. The maximum Gasteiger partial charge on any atom is 0.366 e. The van der Waals surface area contributed by atoms with Crippen LogP contribution in [0.3, 0.4) is 0 Å². The van der Waals surface area contributed by atoms with Gasteiger partial charge in [-0.1, -0.05) is 60.1 Å². The first-order valence-corrected chi connectivity index (χ1v) is 11.3. The van der Waals surface area contributed by atoms with Crippen molar-refractivity contribution in [1.29, 1.82) is 0 Å². The van der Waals surface area contributed by atoms with Gasteiger partial charge < -0.3 is 9.84 Å². The van der Waals surface area contributed by atoms with E-state index in [4.69, 9.17) is 16.3 Å². The average molecular weight is 476 g/mol. The van der Waals surface area contributed by atoms with Crippen LogP contribution < -0.4 is 19.8 Å². The van der Waals surface area contributed by atoms with E-state index in [1.165, 1.54) is 0 Å². The molecule has 1 aliphatic rings. The average Bonchev–Trinajstić information content (AvgIpc) is 3.20. The summed E-state index contributed by atoms with van der Waals surface area (Å²) in [6.07, 6.45) is 0. The quantitative estimate of drug-likeness (QED) is 0.352. The van der Waals surface area contributed by atoms with Crippen LogP contribution in [-0.2, 0) is 6.54 Å². The molecule has 8 heteroatoms. The van der Waals surface area contributed by atoms with Crippen LogP contribution in [0.15, 0.2) is 77.6 Å². The molecule has 7 nitrogen and oxygen atoms in total. The van der Waals surface area contributed by atoms with Crippen molar-refractivity contribution in [2.45, 2.75) is 12.6 Å². The fourth-order valence-electron chi connectivity index (χ4n) is 4.52. The molecular formula is C26H24ClN4O3+. The van der Waals surface area contributed by atoms with Crippen LogP contribution in [0.1, 0.15) is 17.3 Å². The lowest BCUT2D eigenvalue weighted by Crippen LogP contribution is -2.45. The summed E-state index contributed by atoms with van der Waals surface area (Å²) in [5, 5.41) is 11.8. The van der Waals surface area contributed by atoms with Crippen molar-refractivity contribution < 1.29 is 14.4 Å². The number of nitrogens with zero attached hydrogens (tertiary/aromatic N) is 4. The molecule has 0 saturated carbocycles. The zero-order chi connectivity index (χ0) is 23.8. The normalized spacial score (nSPS) is 14.8. The highest BCUT2D eigenvalue weighted by atomic mass is 35.5. The Morgan fingerprint density at radius 2 is 1.82 bits per heavy atom. The number of hydrogen-bond acceptors (Lipinski definition) is 5. The first-order chi connectivity index (χ1) is 16.5. The van der Waals surface area contributed by atoms with Gasteiger partial charge in [0.15, 0.2) is 6.04 Å². The molecule has 2 aromatic carbocycles. The molecule has 1 atom stereocenters. The van der Waals surface area contributed by atoms with Crippen molar-refractivity contribution in [2.75, 3.05) is 25.6 Å². The van der Waals surface area contributed by atoms with Crippen LogP contribution in [0.4, 0.5) is 5.95 Å². The summed E-state index contributed by atoms with van der Waals surface area (Å²) in [7, 11) is 3.49. The molecule has 1 unspecified atom stereocenters. The molecule has 2 aromatic heterocycles. The molecule has 172 valence electrons. The van der Waals surface area contributed by atoms with E-state index in [2.05, 4.69) is 4.98 Å². The molecule has 1 N–H and O–H groups in total. The summed E-state index contributed by atoms with van der Waals surface area (Å²) in [4.78, 5) is 20.4. The number of rotatable bonds is 5. The summed E-state index contributed by atoms with van der Waals surface area (Å²) in [5.74, 6) is 1.19. The van der Waals surface area contributed by atoms with E-state index >= 15 is 0 Å². The molecule has 4 aromatic rings. The highest BCUT2D eigenvalue weighted by Gasteiger charge is 2.42. The van der Waals surface area contributed by atoms with Gasteiger partial charge in [-0.05, 0) is 35.4 Å². The van der Waals surface area contributed by atoms with Gasteiger partial charge in [0.1, 0.15) is 29.6 Å². The minimum atomic E-state index is -0.356. The summed E-state index contributed by atoms with van der Waals surface area (Å²) < 4.78 is 8.75. The molecule has 3 heterocycles. The Hall–Kier alpha value is -3.84. The second kappa shape index (κ2) is 8.83. The Morgan fingerprint density at radius 3 is 2.50 bits per heavy atom. The Bertz CT molecular complexity index is 1400. The van der Waals surface area contributed by atoms with Crippen molar-refractivity contribution in [3.63, 3.8) is 0 Å². The predicted octanol–water partition coefficient (Wildman–Crippen LogP) is 3.65. The van der Waals surface area contributed by atoms with Crippen LogP contribution in [-0.4, -0.2) is 35.4 Å². The highest BCUT2D eigenvalue weighted by Crippen LogP contribution is 2.33. The first kappa shape index (κ1) is 22.0. The van der Waals surface area contributed by atoms with Crippen LogP contribution in [0.5, 0.6) is 11.6 Å². The number of ether oxygens (including phenoxy) is 1. The predicted molar refractivity (Wildman–Crippen MR) is 131 cm³/mol. The molecule has 0 amide bonds. The third kappa shape index (κ3) is 3.78. The fraction of sp³-hybridized carbons (Fsp3) is 0.192. The number of methoxy groups -OCH3 is 1. The van der Waals surface area contributed by atoms with E-state index in [1.54, 1.807) is 46.6 Å². The van der Waals surface area contributed by atoms with E-state index in [1.807, 2.05) is 54.4 Å². The van der Waals surface area contributed by atoms with Gasteiger partial charge in [-0.25, -0.2) is 9.78 Å². The SMILES string of the molecule is COc1ccc(-c2c(O)[n+](Cc3ccccc3)c3n(c2=O)C(c2cccc(Cl)n2)CN3C)cc1. The number of halogens is 1. The van der Waals surface area contributed by atoms with Crippen LogP contribution in [0, 0.1) is 0 Å². The van der Waals surface area contributed by atoms with Crippen molar-refractivity contribution in [2.24, 2.45) is 0 Å². The van der Waals surface area contributed by atoms with Gasteiger partial charge in [0, 0.05) is 0 Å². The summed E-state index contributed by atoms with van der Waals surface area (Å²) in [5.41, 5.74) is 2.23. The summed E-state index contributed by atoms with van der Waals surface area (Å²) in [6, 6.07) is 22.0. The van der Waals surface area contributed by atoms with Gasteiger partial charge in [-0.2, -0.15) is 9.13 Å². The zero-order valence-corrected chi connectivity index (χ0v) is 19.6. The first-order valence-electron chi connectivity index (χ1n) is 10.9. The van der Waals surface area contributed by atoms with Crippen LogP contribution >= 0.6 is 11.6 Å². The lowest BCUT2D eigenvalue weighted by atomic mass is 10.1. The van der Waals surface area contributed by atoms with Crippen molar-refractivity contribution in [3.05, 3.63) is 99.6 Å². The molecule has 0 spiro atoms. The Balaban J connectivity index is 1.77. The van der Waals surface area contributed by atoms with E-state index < -0.39 is 0 Å². The minimum Gasteiger partial charge on any atom is -0.497 e. The molecule has 0 radical (unpaired) electrons. The number of pyridine rings is 1. The topological polar surface area (TPSA) is 71.5 Å². The van der Waals surface area contributed by atoms with Gasteiger partial charge in [0.2, 0.25) is 0 Å². The Morgan fingerprint density at radius 1 is 1.09 bits per heavy atom. The van der Waals surface area contributed by atoms with Crippen LogP contribution in [0.2, 0.25) is 5.15 Å². The molecule has 0 fully saturated rings. The van der Waals surface area contributed by atoms with Gasteiger partial charge in [-0.3, -0.25) is 4.90 Å². The molecule has 0 bridgehead atoms. The van der Waals surface area contributed by atoms with Gasteiger partial charge in [0.25, 0.3) is 5.88 Å². The Kier molecular flexibility index (Phi) is 5.71. The minimum absolute atomic E-state index is 0.0863. The maximum atomic E-state index is 13.9. The van der Waals surface area contributed by atoms with Gasteiger partial charge in [-0.15, -0.1) is 0 Å². The van der Waals surface area contributed by atoms with E-state index in [0.717, 1.165) is 5.56 Å². The third-order valence-electron chi connectivity index (χ3n) is 6.11. The zero-order valence-electron chi connectivity index (χ0n) is 18.9. The molecule has 0 saturated heterocycles. The van der Waals surface area contributed by atoms with Crippen molar-refractivity contribution >= 4 is 17.5 Å². The second-order valence-electron chi connectivity index (χ2n) is 8.26. The van der Waals surface area contributed by atoms with Crippen molar-refractivity contribution in [3.8, 4) is 22.8 Å². The van der Waals surface area contributed by atoms with Crippen LogP contribution in [0.25, 0.3) is 11.1 Å². The maximum absolute atomic E-state index is 13.9. The van der Waals surface area contributed by atoms with E-state index in [-0.39, 0.29) is 23.0 Å². The molecule has 5 rings (SSSR count). The molecular weight excluding hydrogens is 452 g/mol. The number of fused-ring (bicyclic) bond motifs is 1. The number of likely N-dealkylation sites (N-methyl/N-ethyl adjacent to an activating group) is 1. The summed E-state index contributed by atoms with van der Waals surface area (Å²) in [6.45, 7) is 0.911. The lowest BCUT2D eigenvalue weighted by Gasteiger charge is -2.16. The standard InChI is InChI=1S/C26H23ClN4O3/c1-29-16-21(20-9-6-10-22(27)28-20)31-25(33)23(18-11-13-19(34-2)14-12-18)24(32)30(26(29)31)15-17-7-4-3-5-8-17/h3-14,21H,15-16H2,1-2H3/p+1. The number of aromatic hydroxyl groups is 1. The number of benzene rings is 2. The number of hydrogen-bond donors (Lipinski definition) is 1. The van der Waals surface area contributed by atoms with Gasteiger partial charge in [0.05, 0.1) is 19.9 Å². The van der Waals surface area contributed by atoms with Gasteiger partial charge >= 0.3 is 11.5 Å². The molecule has 1 aliphatic heterocycles. The smallest absolute Gasteiger partial charge is 0.366 e. The Labute approximate surface area is 202 Å². The molecule has 34 heavy (non-hydrogen) atoms. The highest BCUT2D eigenvalue weighted by molar-refractivity contribution is 6.29. The monoisotopic (exact) mass is 475 g/mol. The fourth-order valence-corrected chi connectivity index (χ4v) is 4.69. The number of anilines is 1. The van der Waals surface area contributed by atoms with E-state index in [9.17, 15) is 9.90 Å². The lowest BCUT2D eigenvalue weighted by molar-refractivity contribution is -0.684. The van der Waals surface area contributed by atoms with Crippen molar-refractivity contribution in [1.82, 2.24) is 9.55 Å².